The molecular formula is C12H11F4N3. The van der Waals surface area contributed by atoms with Gasteiger partial charge in [-0.2, -0.15) is 13.2 Å². The molecule has 0 saturated heterocycles. The van der Waals surface area contributed by atoms with Gasteiger partial charge in [0.25, 0.3) is 0 Å². The maximum absolute atomic E-state index is 13.6. The van der Waals surface area contributed by atoms with Crippen molar-refractivity contribution in [2.45, 2.75) is 26.1 Å². The minimum Gasteiger partial charge on any atom is -0.367 e. The van der Waals surface area contributed by atoms with Gasteiger partial charge < -0.3 is 5.32 Å². The molecule has 0 aliphatic carbocycles. The summed E-state index contributed by atoms with van der Waals surface area (Å²) in [5.74, 6) is -2.18. The molecule has 0 radical (unpaired) electrons. The fourth-order valence-corrected chi connectivity index (χ4v) is 1.63. The van der Waals surface area contributed by atoms with Crippen molar-refractivity contribution < 1.29 is 17.6 Å². The van der Waals surface area contributed by atoms with Gasteiger partial charge in [0, 0.05) is 11.4 Å². The second-order valence-corrected chi connectivity index (χ2v) is 4.33. The molecule has 2 aromatic rings. The summed E-state index contributed by atoms with van der Waals surface area (Å²) in [6.45, 7) is 3.50. The van der Waals surface area contributed by atoms with Crippen molar-refractivity contribution in [1.82, 2.24) is 9.97 Å². The minimum absolute atomic E-state index is 0.0215. The Bertz CT molecular complexity index is 608. The van der Waals surface area contributed by atoms with E-state index in [2.05, 4.69) is 15.3 Å². The Labute approximate surface area is 106 Å². The molecule has 102 valence electrons. The largest absolute Gasteiger partial charge is 0.451 e. The van der Waals surface area contributed by atoms with Crippen LogP contribution in [0.1, 0.15) is 19.7 Å². The van der Waals surface area contributed by atoms with Crippen molar-refractivity contribution in [2.75, 3.05) is 5.32 Å². The van der Waals surface area contributed by atoms with E-state index >= 15 is 0 Å². The van der Waals surface area contributed by atoms with Crippen molar-refractivity contribution in [3.05, 3.63) is 29.8 Å². The SMILES string of the molecule is CC(C)Nc1nc(C(F)(F)F)nc2c(F)cccc12. The van der Waals surface area contributed by atoms with Crippen LogP contribution in [0.5, 0.6) is 0 Å². The van der Waals surface area contributed by atoms with E-state index in [9.17, 15) is 17.6 Å². The summed E-state index contributed by atoms with van der Waals surface area (Å²) in [6.07, 6.45) is -4.72. The predicted molar refractivity (Wildman–Crippen MR) is 63.3 cm³/mol. The summed E-state index contributed by atoms with van der Waals surface area (Å²) >= 11 is 0. The lowest BCUT2D eigenvalue weighted by molar-refractivity contribution is -0.144. The van der Waals surface area contributed by atoms with Crippen LogP contribution in [0, 0.1) is 5.82 Å². The Morgan fingerprint density at radius 1 is 1.16 bits per heavy atom. The second-order valence-electron chi connectivity index (χ2n) is 4.33. The number of aromatic nitrogens is 2. The lowest BCUT2D eigenvalue weighted by Crippen LogP contribution is -2.17. The molecule has 0 fully saturated rings. The van der Waals surface area contributed by atoms with Gasteiger partial charge in [0.15, 0.2) is 0 Å². The molecule has 1 aromatic heterocycles. The highest BCUT2D eigenvalue weighted by Gasteiger charge is 2.36. The number of nitrogens with zero attached hydrogens (tertiary/aromatic N) is 2. The monoisotopic (exact) mass is 273 g/mol. The van der Waals surface area contributed by atoms with Crippen LogP contribution in [0.2, 0.25) is 0 Å². The maximum atomic E-state index is 13.6. The average molecular weight is 273 g/mol. The van der Waals surface area contributed by atoms with Crippen molar-refractivity contribution in [3.63, 3.8) is 0 Å². The third kappa shape index (κ3) is 2.74. The summed E-state index contributed by atoms with van der Waals surface area (Å²) < 4.78 is 51.7. The van der Waals surface area contributed by atoms with Crippen LogP contribution >= 0.6 is 0 Å². The standard InChI is InChI=1S/C12H11F4N3/c1-6(2)17-10-7-4-3-5-8(13)9(7)18-11(19-10)12(14,15)16/h3-6H,1-2H3,(H,17,18,19). The fraction of sp³-hybridized carbons (Fsp3) is 0.333. The van der Waals surface area contributed by atoms with E-state index in [0.29, 0.717) is 0 Å². The molecule has 19 heavy (non-hydrogen) atoms. The molecule has 0 amide bonds. The third-order valence-corrected chi connectivity index (χ3v) is 2.36. The molecule has 0 unspecified atom stereocenters. The van der Waals surface area contributed by atoms with Gasteiger partial charge in [0.05, 0.1) is 0 Å². The topological polar surface area (TPSA) is 37.8 Å². The zero-order valence-electron chi connectivity index (χ0n) is 10.2. The summed E-state index contributed by atoms with van der Waals surface area (Å²) in [5.41, 5.74) is -0.340. The Hall–Kier alpha value is -1.92. The van der Waals surface area contributed by atoms with Crippen LogP contribution in [-0.4, -0.2) is 16.0 Å². The summed E-state index contributed by atoms with van der Waals surface area (Å²) in [4.78, 5) is 6.70. The van der Waals surface area contributed by atoms with Crippen LogP contribution in [-0.2, 0) is 6.18 Å². The first-order valence-corrected chi connectivity index (χ1v) is 5.59. The van der Waals surface area contributed by atoms with Gasteiger partial charge in [0.1, 0.15) is 17.2 Å². The summed E-state index contributed by atoms with van der Waals surface area (Å²) in [5, 5.41) is 2.99. The zero-order chi connectivity index (χ0) is 14.2. The molecule has 0 bridgehead atoms. The van der Waals surface area contributed by atoms with Gasteiger partial charge in [-0.25, -0.2) is 14.4 Å². The first kappa shape index (κ1) is 13.5. The number of rotatable bonds is 2. The number of alkyl halides is 3. The van der Waals surface area contributed by atoms with E-state index in [1.54, 1.807) is 13.8 Å². The smallest absolute Gasteiger partial charge is 0.367 e. The van der Waals surface area contributed by atoms with Gasteiger partial charge in [-0.05, 0) is 26.0 Å². The summed E-state index contributed by atoms with van der Waals surface area (Å²) in [7, 11) is 0. The minimum atomic E-state index is -4.72. The second kappa shape index (κ2) is 4.64. The molecule has 1 aromatic carbocycles. The molecule has 1 heterocycles. The lowest BCUT2D eigenvalue weighted by atomic mass is 10.2. The fourth-order valence-electron chi connectivity index (χ4n) is 1.63. The van der Waals surface area contributed by atoms with E-state index in [0.717, 1.165) is 6.07 Å². The molecule has 7 heteroatoms. The highest BCUT2D eigenvalue weighted by molar-refractivity contribution is 5.89. The quantitative estimate of drug-likeness (QED) is 0.849. The number of nitrogens with one attached hydrogen (secondary N) is 1. The number of para-hydroxylation sites is 1. The number of hydrogen-bond acceptors (Lipinski definition) is 3. The van der Waals surface area contributed by atoms with Crippen molar-refractivity contribution in [1.29, 1.82) is 0 Å². The van der Waals surface area contributed by atoms with Gasteiger partial charge in [-0.3, -0.25) is 0 Å². The molecule has 0 aliphatic rings. The highest BCUT2D eigenvalue weighted by Crippen LogP contribution is 2.31. The van der Waals surface area contributed by atoms with Gasteiger partial charge in [0.2, 0.25) is 5.82 Å². The number of fused-ring (bicyclic) bond motifs is 1. The average Bonchev–Trinajstić information content (AvgIpc) is 2.28. The molecule has 0 saturated carbocycles. The molecular weight excluding hydrogens is 262 g/mol. The van der Waals surface area contributed by atoms with E-state index in [1.807, 2.05) is 0 Å². The van der Waals surface area contributed by atoms with Gasteiger partial charge >= 0.3 is 6.18 Å². The third-order valence-electron chi connectivity index (χ3n) is 2.36. The zero-order valence-corrected chi connectivity index (χ0v) is 10.2. The van der Waals surface area contributed by atoms with Crippen molar-refractivity contribution in [2.24, 2.45) is 0 Å². The number of halogens is 4. The van der Waals surface area contributed by atoms with Crippen LogP contribution < -0.4 is 5.32 Å². The highest BCUT2D eigenvalue weighted by atomic mass is 19.4. The Balaban J connectivity index is 2.73. The number of anilines is 1. The number of hydrogen-bond donors (Lipinski definition) is 1. The molecule has 3 nitrogen and oxygen atoms in total. The molecule has 2 rings (SSSR count). The number of benzene rings is 1. The lowest BCUT2D eigenvalue weighted by Gasteiger charge is -2.14. The maximum Gasteiger partial charge on any atom is 0.451 e. The Morgan fingerprint density at radius 2 is 1.84 bits per heavy atom. The van der Waals surface area contributed by atoms with E-state index in [1.165, 1.54) is 12.1 Å². The summed E-state index contributed by atoms with van der Waals surface area (Å²) in [6, 6.07) is 3.81. The predicted octanol–water partition coefficient (Wildman–Crippen LogP) is 3.61. The molecule has 1 N–H and O–H groups in total. The van der Waals surface area contributed by atoms with Crippen molar-refractivity contribution in [3.8, 4) is 0 Å². The van der Waals surface area contributed by atoms with Crippen molar-refractivity contribution >= 4 is 16.7 Å². The van der Waals surface area contributed by atoms with Gasteiger partial charge in [-0.1, -0.05) is 6.07 Å². The van der Waals surface area contributed by atoms with Crippen LogP contribution in [0.4, 0.5) is 23.4 Å². The van der Waals surface area contributed by atoms with E-state index in [4.69, 9.17) is 0 Å². The van der Waals surface area contributed by atoms with E-state index in [-0.39, 0.29) is 22.8 Å². The van der Waals surface area contributed by atoms with E-state index < -0.39 is 17.8 Å². The van der Waals surface area contributed by atoms with Crippen LogP contribution in [0.3, 0.4) is 0 Å². The molecule has 0 atom stereocenters. The van der Waals surface area contributed by atoms with Crippen LogP contribution in [0.25, 0.3) is 10.9 Å². The van der Waals surface area contributed by atoms with Crippen LogP contribution in [0.15, 0.2) is 18.2 Å². The molecule has 0 spiro atoms. The Morgan fingerprint density at radius 3 is 2.42 bits per heavy atom. The first-order chi connectivity index (χ1) is 8.79. The molecule has 0 aliphatic heterocycles. The first-order valence-electron chi connectivity index (χ1n) is 5.59. The van der Waals surface area contributed by atoms with Gasteiger partial charge in [-0.15, -0.1) is 0 Å². The Kier molecular flexibility index (Phi) is 3.30. The normalized spacial score (nSPS) is 12.2.